The van der Waals surface area contributed by atoms with Crippen LogP contribution in [0.3, 0.4) is 0 Å². The Morgan fingerprint density at radius 3 is 2.67 bits per heavy atom. The van der Waals surface area contributed by atoms with E-state index in [0.717, 1.165) is 0 Å². The molecule has 0 aliphatic carbocycles. The van der Waals surface area contributed by atoms with Gasteiger partial charge in [-0.1, -0.05) is 12.1 Å². The maximum absolute atomic E-state index is 9.68. The minimum absolute atomic E-state index is 0.122. The topological polar surface area (TPSA) is 68.2 Å². The van der Waals surface area contributed by atoms with Crippen molar-refractivity contribution in [3.8, 4) is 11.5 Å². The van der Waals surface area contributed by atoms with E-state index in [1.807, 2.05) is 12.1 Å². The van der Waals surface area contributed by atoms with Crippen LogP contribution in [0.15, 0.2) is 24.3 Å². The standard InChI is InChI=1S/C13H18O5/c1-16-11-4-2-3-5-12(11)18-13-7-9(15)6-10(8-14)17-13/h2-5,9-10,13-15H,6-8H2,1H3. The molecule has 0 aromatic heterocycles. The maximum atomic E-state index is 9.68. The van der Waals surface area contributed by atoms with E-state index in [9.17, 15) is 5.11 Å². The van der Waals surface area contributed by atoms with E-state index in [4.69, 9.17) is 19.3 Å². The molecule has 0 bridgehead atoms. The number of para-hydroxylation sites is 2. The van der Waals surface area contributed by atoms with Gasteiger partial charge in [-0.15, -0.1) is 0 Å². The van der Waals surface area contributed by atoms with Crippen molar-refractivity contribution in [1.29, 1.82) is 0 Å². The first kappa shape index (κ1) is 13.1. The van der Waals surface area contributed by atoms with Crippen LogP contribution in [-0.4, -0.2) is 42.4 Å². The molecule has 1 aliphatic heterocycles. The minimum atomic E-state index is -0.567. The number of methoxy groups -OCH3 is 1. The Hall–Kier alpha value is -1.30. The molecule has 100 valence electrons. The summed E-state index contributed by atoms with van der Waals surface area (Å²) in [6.45, 7) is -0.122. The van der Waals surface area contributed by atoms with E-state index in [-0.39, 0.29) is 12.7 Å². The van der Waals surface area contributed by atoms with Crippen molar-refractivity contribution >= 4 is 0 Å². The molecule has 1 fully saturated rings. The largest absolute Gasteiger partial charge is 0.493 e. The fraction of sp³-hybridized carbons (Fsp3) is 0.538. The second-order valence-corrected chi connectivity index (χ2v) is 4.26. The van der Waals surface area contributed by atoms with Crippen molar-refractivity contribution in [2.45, 2.75) is 31.3 Å². The van der Waals surface area contributed by atoms with Crippen molar-refractivity contribution in [3.63, 3.8) is 0 Å². The third kappa shape index (κ3) is 3.13. The fourth-order valence-corrected chi connectivity index (χ4v) is 2.00. The molecular formula is C13H18O5. The van der Waals surface area contributed by atoms with Crippen LogP contribution < -0.4 is 9.47 Å². The van der Waals surface area contributed by atoms with E-state index in [2.05, 4.69) is 0 Å². The van der Waals surface area contributed by atoms with Gasteiger partial charge in [0.25, 0.3) is 0 Å². The molecule has 0 radical (unpaired) electrons. The summed E-state index contributed by atoms with van der Waals surface area (Å²) in [4.78, 5) is 0. The lowest BCUT2D eigenvalue weighted by atomic mass is 10.1. The van der Waals surface area contributed by atoms with Gasteiger partial charge >= 0.3 is 0 Å². The van der Waals surface area contributed by atoms with Crippen molar-refractivity contribution in [1.82, 2.24) is 0 Å². The molecule has 1 aromatic rings. The van der Waals surface area contributed by atoms with Crippen molar-refractivity contribution < 1.29 is 24.4 Å². The highest BCUT2D eigenvalue weighted by Gasteiger charge is 2.29. The van der Waals surface area contributed by atoms with E-state index < -0.39 is 12.4 Å². The molecule has 1 aliphatic rings. The number of aliphatic hydroxyl groups is 2. The number of ether oxygens (including phenoxy) is 3. The van der Waals surface area contributed by atoms with Gasteiger partial charge in [0.15, 0.2) is 11.5 Å². The molecule has 0 spiro atoms. The molecule has 1 saturated heterocycles. The molecule has 3 atom stereocenters. The Labute approximate surface area is 106 Å². The summed E-state index contributed by atoms with van der Waals surface area (Å²) < 4.78 is 16.4. The van der Waals surface area contributed by atoms with Crippen molar-refractivity contribution in [2.24, 2.45) is 0 Å². The van der Waals surface area contributed by atoms with Crippen LogP contribution in [0.4, 0.5) is 0 Å². The van der Waals surface area contributed by atoms with Crippen LogP contribution in [-0.2, 0) is 4.74 Å². The second-order valence-electron chi connectivity index (χ2n) is 4.26. The van der Waals surface area contributed by atoms with E-state index in [0.29, 0.717) is 24.3 Å². The lowest BCUT2D eigenvalue weighted by Gasteiger charge is -2.32. The van der Waals surface area contributed by atoms with Crippen LogP contribution in [0, 0.1) is 0 Å². The molecule has 2 rings (SSSR count). The van der Waals surface area contributed by atoms with Crippen LogP contribution >= 0.6 is 0 Å². The van der Waals surface area contributed by atoms with Gasteiger partial charge in [0.1, 0.15) is 0 Å². The van der Waals surface area contributed by atoms with Crippen molar-refractivity contribution in [3.05, 3.63) is 24.3 Å². The lowest BCUT2D eigenvalue weighted by molar-refractivity contribution is -0.185. The van der Waals surface area contributed by atoms with Crippen LogP contribution in [0.5, 0.6) is 11.5 Å². The average Bonchev–Trinajstić information content (AvgIpc) is 2.38. The van der Waals surface area contributed by atoms with E-state index in [1.165, 1.54) is 0 Å². The van der Waals surface area contributed by atoms with Gasteiger partial charge in [-0.05, 0) is 12.1 Å². The number of rotatable bonds is 4. The highest BCUT2D eigenvalue weighted by atomic mass is 16.7. The van der Waals surface area contributed by atoms with Crippen molar-refractivity contribution in [2.75, 3.05) is 13.7 Å². The molecule has 2 N–H and O–H groups in total. The molecule has 0 amide bonds. The van der Waals surface area contributed by atoms with Gasteiger partial charge in [0.2, 0.25) is 6.29 Å². The number of aliphatic hydroxyl groups excluding tert-OH is 2. The van der Waals surface area contributed by atoms with Gasteiger partial charge < -0.3 is 24.4 Å². The molecule has 18 heavy (non-hydrogen) atoms. The molecule has 1 heterocycles. The summed E-state index contributed by atoms with van der Waals surface area (Å²) in [6.07, 6.45) is -0.650. The highest BCUT2D eigenvalue weighted by molar-refractivity contribution is 5.39. The summed E-state index contributed by atoms with van der Waals surface area (Å²) in [6, 6.07) is 7.24. The maximum Gasteiger partial charge on any atom is 0.202 e. The number of hydrogen-bond donors (Lipinski definition) is 2. The Morgan fingerprint density at radius 1 is 1.28 bits per heavy atom. The molecule has 5 nitrogen and oxygen atoms in total. The SMILES string of the molecule is COc1ccccc1OC1CC(O)CC(CO)O1. The Balaban J connectivity index is 2.04. The van der Waals surface area contributed by atoms with Gasteiger partial charge in [-0.25, -0.2) is 0 Å². The molecular weight excluding hydrogens is 236 g/mol. The van der Waals surface area contributed by atoms with E-state index in [1.54, 1.807) is 19.2 Å². The number of hydrogen-bond acceptors (Lipinski definition) is 5. The third-order valence-corrected chi connectivity index (χ3v) is 2.87. The van der Waals surface area contributed by atoms with Gasteiger partial charge in [-0.3, -0.25) is 0 Å². The summed E-state index contributed by atoms with van der Waals surface area (Å²) in [5.74, 6) is 1.18. The third-order valence-electron chi connectivity index (χ3n) is 2.87. The normalized spacial score (nSPS) is 27.8. The minimum Gasteiger partial charge on any atom is -0.493 e. The predicted octanol–water partition coefficient (Wildman–Crippen LogP) is 0.932. The van der Waals surface area contributed by atoms with Gasteiger partial charge in [0.05, 0.1) is 25.9 Å². The zero-order valence-corrected chi connectivity index (χ0v) is 10.3. The summed E-state index contributed by atoms with van der Waals surface area (Å²) in [5, 5.41) is 18.8. The first-order chi connectivity index (χ1) is 8.72. The lowest BCUT2D eigenvalue weighted by Crippen LogP contribution is -2.40. The van der Waals surface area contributed by atoms with Gasteiger partial charge in [-0.2, -0.15) is 0 Å². The summed E-state index contributed by atoms with van der Waals surface area (Å²) in [7, 11) is 1.56. The Bertz CT molecular complexity index is 381. The molecule has 3 unspecified atom stereocenters. The molecule has 0 saturated carbocycles. The van der Waals surface area contributed by atoms with Crippen LogP contribution in [0.1, 0.15) is 12.8 Å². The zero-order valence-electron chi connectivity index (χ0n) is 10.3. The van der Waals surface area contributed by atoms with Crippen LogP contribution in [0.25, 0.3) is 0 Å². The fourth-order valence-electron chi connectivity index (χ4n) is 2.00. The first-order valence-corrected chi connectivity index (χ1v) is 5.97. The monoisotopic (exact) mass is 254 g/mol. The summed E-state index contributed by atoms with van der Waals surface area (Å²) >= 11 is 0. The van der Waals surface area contributed by atoms with E-state index >= 15 is 0 Å². The van der Waals surface area contributed by atoms with Crippen LogP contribution in [0.2, 0.25) is 0 Å². The highest BCUT2D eigenvalue weighted by Crippen LogP contribution is 2.30. The second kappa shape index (κ2) is 6.04. The smallest absolute Gasteiger partial charge is 0.202 e. The summed E-state index contributed by atoms with van der Waals surface area (Å²) in [5.41, 5.74) is 0. The molecule has 1 aromatic carbocycles. The predicted molar refractivity (Wildman–Crippen MR) is 64.6 cm³/mol. The Morgan fingerprint density at radius 2 is 2.00 bits per heavy atom. The first-order valence-electron chi connectivity index (χ1n) is 5.97. The number of benzene rings is 1. The zero-order chi connectivity index (χ0) is 13.0. The average molecular weight is 254 g/mol. The molecule has 5 heteroatoms. The van der Waals surface area contributed by atoms with Gasteiger partial charge in [0, 0.05) is 12.8 Å². The quantitative estimate of drug-likeness (QED) is 0.836. The Kier molecular flexibility index (Phi) is 4.41.